The second-order valence-corrected chi connectivity index (χ2v) is 5.88. The highest BCUT2D eigenvalue weighted by Crippen LogP contribution is 2.09. The van der Waals surface area contributed by atoms with Crippen molar-refractivity contribution in [3.05, 3.63) is 27.0 Å². The average Bonchev–Trinajstić information content (AvgIpc) is 2.37. The topological polar surface area (TPSA) is 102 Å². The Hall–Kier alpha value is -1.45. The van der Waals surface area contributed by atoms with Crippen molar-refractivity contribution in [2.45, 2.75) is 11.8 Å². The highest BCUT2D eigenvalue weighted by Gasteiger charge is 2.27. The first kappa shape index (κ1) is 15.6. The van der Waals surface area contributed by atoms with Crippen molar-refractivity contribution in [1.29, 1.82) is 0 Å². The normalized spacial score (nSPS) is 12.1. The van der Waals surface area contributed by atoms with Crippen LogP contribution in [0.1, 0.15) is 6.92 Å². The van der Waals surface area contributed by atoms with Crippen molar-refractivity contribution >= 4 is 10.0 Å². The minimum Gasteiger partial charge on any atom is -0.395 e. The molecule has 1 N–H and O–H groups in total. The minimum absolute atomic E-state index is 0.106. The van der Waals surface area contributed by atoms with Gasteiger partial charge >= 0.3 is 5.69 Å². The van der Waals surface area contributed by atoms with E-state index in [4.69, 9.17) is 5.11 Å². The van der Waals surface area contributed by atoms with Crippen molar-refractivity contribution in [1.82, 2.24) is 13.4 Å². The van der Waals surface area contributed by atoms with Gasteiger partial charge in [-0.25, -0.2) is 13.2 Å². The number of aryl methyl sites for hydroxylation is 1. The first-order chi connectivity index (χ1) is 8.77. The number of sulfonamides is 1. The maximum atomic E-state index is 12.3. The molecule has 0 aliphatic rings. The summed E-state index contributed by atoms with van der Waals surface area (Å²) < 4.78 is 27.3. The Morgan fingerprint density at radius 1 is 1.32 bits per heavy atom. The molecular weight excluding hydrogens is 274 g/mol. The number of hydrogen-bond acceptors (Lipinski definition) is 5. The SMILES string of the molecule is CCN(CCO)S(=O)(=O)c1cn(C)c(=O)n(C)c1=O. The second-order valence-electron chi connectivity index (χ2n) is 3.97. The van der Waals surface area contributed by atoms with Crippen LogP contribution in [0.15, 0.2) is 20.7 Å². The van der Waals surface area contributed by atoms with E-state index in [2.05, 4.69) is 0 Å². The van der Waals surface area contributed by atoms with Gasteiger partial charge in [0, 0.05) is 33.4 Å². The van der Waals surface area contributed by atoms with Crippen LogP contribution in [0.5, 0.6) is 0 Å². The number of hydrogen-bond donors (Lipinski definition) is 1. The molecule has 1 aromatic heterocycles. The highest BCUT2D eigenvalue weighted by molar-refractivity contribution is 7.89. The van der Waals surface area contributed by atoms with Gasteiger partial charge in [0.25, 0.3) is 5.56 Å². The molecule has 0 fully saturated rings. The van der Waals surface area contributed by atoms with E-state index in [1.165, 1.54) is 14.1 Å². The monoisotopic (exact) mass is 291 g/mol. The molecule has 19 heavy (non-hydrogen) atoms. The lowest BCUT2D eigenvalue weighted by Gasteiger charge is -2.19. The van der Waals surface area contributed by atoms with Crippen molar-refractivity contribution in [3.8, 4) is 0 Å². The maximum absolute atomic E-state index is 12.3. The molecule has 1 rings (SSSR count). The van der Waals surface area contributed by atoms with Crippen LogP contribution < -0.4 is 11.2 Å². The van der Waals surface area contributed by atoms with Crippen molar-refractivity contribution in [2.24, 2.45) is 14.1 Å². The third-order valence-corrected chi connectivity index (χ3v) is 4.69. The molecule has 0 unspecified atom stereocenters. The molecule has 9 heteroatoms. The summed E-state index contributed by atoms with van der Waals surface area (Å²) in [6.07, 6.45) is 1.00. The number of aliphatic hydroxyl groups excluding tert-OH is 1. The lowest BCUT2D eigenvalue weighted by molar-refractivity contribution is 0.257. The van der Waals surface area contributed by atoms with Gasteiger partial charge in [0.15, 0.2) is 4.90 Å². The van der Waals surface area contributed by atoms with Gasteiger partial charge in [-0.3, -0.25) is 9.36 Å². The summed E-state index contributed by atoms with van der Waals surface area (Å²) in [6.45, 7) is 1.26. The Kier molecular flexibility index (Phi) is 4.66. The molecule has 8 nitrogen and oxygen atoms in total. The van der Waals surface area contributed by atoms with E-state index in [1.54, 1.807) is 6.92 Å². The summed E-state index contributed by atoms with van der Waals surface area (Å²) in [5.41, 5.74) is -1.48. The molecular formula is C10H17N3O5S. The van der Waals surface area contributed by atoms with Crippen LogP contribution >= 0.6 is 0 Å². The summed E-state index contributed by atoms with van der Waals surface area (Å²) in [4.78, 5) is 22.9. The highest BCUT2D eigenvalue weighted by atomic mass is 32.2. The smallest absolute Gasteiger partial charge is 0.330 e. The van der Waals surface area contributed by atoms with Crippen LogP contribution in [0, 0.1) is 0 Å². The predicted octanol–water partition coefficient (Wildman–Crippen LogP) is -1.91. The van der Waals surface area contributed by atoms with E-state index in [9.17, 15) is 18.0 Å². The largest absolute Gasteiger partial charge is 0.395 e. The lowest BCUT2D eigenvalue weighted by atomic mass is 10.6. The molecule has 1 heterocycles. The number of aromatic nitrogens is 2. The molecule has 0 bridgehead atoms. The van der Waals surface area contributed by atoms with E-state index < -0.39 is 26.2 Å². The molecule has 0 spiro atoms. The van der Waals surface area contributed by atoms with Crippen LogP contribution in [0.4, 0.5) is 0 Å². The van der Waals surface area contributed by atoms with Crippen molar-refractivity contribution in [3.63, 3.8) is 0 Å². The molecule has 0 atom stereocenters. The number of rotatable bonds is 5. The zero-order valence-electron chi connectivity index (χ0n) is 11.0. The Morgan fingerprint density at radius 2 is 1.89 bits per heavy atom. The fourth-order valence-electron chi connectivity index (χ4n) is 1.65. The van der Waals surface area contributed by atoms with Crippen LogP contribution in [0.25, 0.3) is 0 Å². The van der Waals surface area contributed by atoms with Gasteiger partial charge in [0.1, 0.15) is 0 Å². The molecule has 0 aromatic carbocycles. The fraction of sp³-hybridized carbons (Fsp3) is 0.600. The fourth-order valence-corrected chi connectivity index (χ4v) is 3.24. The molecule has 0 saturated heterocycles. The van der Waals surface area contributed by atoms with E-state index >= 15 is 0 Å². The maximum Gasteiger partial charge on any atom is 0.330 e. The Morgan fingerprint density at radius 3 is 2.37 bits per heavy atom. The van der Waals surface area contributed by atoms with Crippen LogP contribution in [-0.2, 0) is 24.1 Å². The van der Waals surface area contributed by atoms with Gasteiger partial charge in [0.05, 0.1) is 6.61 Å². The molecule has 0 aliphatic carbocycles. The van der Waals surface area contributed by atoms with E-state index in [1.807, 2.05) is 0 Å². The lowest BCUT2D eigenvalue weighted by Crippen LogP contribution is -2.43. The Bertz CT molecular complexity index is 673. The van der Waals surface area contributed by atoms with Crippen molar-refractivity contribution in [2.75, 3.05) is 19.7 Å². The quantitative estimate of drug-likeness (QED) is 0.682. The van der Waals surface area contributed by atoms with E-state index in [-0.39, 0.29) is 19.7 Å². The van der Waals surface area contributed by atoms with Gasteiger partial charge in [-0.1, -0.05) is 6.92 Å². The summed E-state index contributed by atoms with van der Waals surface area (Å²) in [7, 11) is -1.45. The third-order valence-electron chi connectivity index (χ3n) is 2.73. The molecule has 1 aromatic rings. The summed E-state index contributed by atoms with van der Waals surface area (Å²) in [6, 6.07) is 0. The van der Waals surface area contributed by atoms with Crippen molar-refractivity contribution < 1.29 is 13.5 Å². The van der Waals surface area contributed by atoms with Gasteiger partial charge in [-0.05, 0) is 0 Å². The van der Waals surface area contributed by atoms with E-state index in [0.29, 0.717) is 0 Å². The second kappa shape index (κ2) is 5.68. The Balaban J connectivity index is 3.54. The standard InChI is InChI=1S/C10H17N3O5S/c1-4-13(5-6-14)19(17,18)8-7-11(2)10(16)12(3)9(8)15/h7,14H,4-6H2,1-3H3. The average molecular weight is 291 g/mol. The number of aliphatic hydroxyl groups is 1. The zero-order chi connectivity index (χ0) is 14.8. The predicted molar refractivity (Wildman–Crippen MR) is 68.4 cm³/mol. The molecule has 0 aliphatic heterocycles. The summed E-state index contributed by atoms with van der Waals surface area (Å²) in [5.74, 6) is 0. The molecule has 108 valence electrons. The summed E-state index contributed by atoms with van der Waals surface area (Å²) >= 11 is 0. The number of likely N-dealkylation sites (N-methyl/N-ethyl adjacent to an activating group) is 1. The molecule has 0 amide bonds. The number of nitrogens with zero attached hydrogens (tertiary/aromatic N) is 3. The minimum atomic E-state index is -4.03. The van der Waals surface area contributed by atoms with Crippen LogP contribution in [-0.4, -0.2) is 46.7 Å². The van der Waals surface area contributed by atoms with Gasteiger partial charge in [-0.15, -0.1) is 0 Å². The molecule has 0 radical (unpaired) electrons. The molecule has 0 saturated carbocycles. The van der Waals surface area contributed by atoms with Gasteiger partial charge in [0.2, 0.25) is 10.0 Å². The Labute approximate surface area is 110 Å². The first-order valence-corrected chi connectivity index (χ1v) is 7.09. The van der Waals surface area contributed by atoms with Crippen LogP contribution in [0.3, 0.4) is 0 Å². The van der Waals surface area contributed by atoms with Crippen LogP contribution in [0.2, 0.25) is 0 Å². The van der Waals surface area contributed by atoms with Gasteiger partial charge in [-0.2, -0.15) is 4.31 Å². The summed E-state index contributed by atoms with van der Waals surface area (Å²) in [5, 5.41) is 8.86. The zero-order valence-corrected chi connectivity index (χ0v) is 11.8. The van der Waals surface area contributed by atoms with Gasteiger partial charge < -0.3 is 9.67 Å². The van der Waals surface area contributed by atoms with E-state index in [0.717, 1.165) is 19.6 Å². The third kappa shape index (κ3) is 2.77. The first-order valence-electron chi connectivity index (χ1n) is 5.65.